The molecule has 1 fully saturated rings. The number of nitrogens with zero attached hydrogens (tertiary/aromatic N) is 1. The molecule has 5 heteroatoms. The zero-order valence-electron chi connectivity index (χ0n) is 10.8. The second-order valence-corrected chi connectivity index (χ2v) is 4.30. The van der Waals surface area contributed by atoms with Crippen molar-refractivity contribution in [1.82, 2.24) is 10.2 Å². The number of ether oxygens (including phenoxy) is 1. The molecule has 0 radical (unpaired) electrons. The summed E-state index contributed by atoms with van der Waals surface area (Å²) in [7, 11) is 0. The normalized spacial score (nSPS) is 23.9. The van der Waals surface area contributed by atoms with Gasteiger partial charge in [-0.25, -0.2) is 0 Å². The molecule has 0 aromatic heterocycles. The number of likely N-dealkylation sites (N-methyl/N-ethyl adjacent to an activating group) is 1. The van der Waals surface area contributed by atoms with Gasteiger partial charge in [-0.05, 0) is 19.9 Å². The fraction of sp³-hybridized carbons (Fsp3) is 0.917. The van der Waals surface area contributed by atoms with Crippen molar-refractivity contribution in [3.63, 3.8) is 0 Å². The average molecular weight is 244 g/mol. The molecular formula is C12H24N2O3. The Morgan fingerprint density at radius 2 is 2.24 bits per heavy atom. The molecule has 5 nitrogen and oxygen atoms in total. The summed E-state index contributed by atoms with van der Waals surface area (Å²) in [5.74, 6) is 0.0676. The second kappa shape index (κ2) is 7.63. The maximum atomic E-state index is 12.3. The van der Waals surface area contributed by atoms with Crippen LogP contribution in [0.1, 0.15) is 20.3 Å². The minimum Gasteiger partial charge on any atom is -0.396 e. The molecule has 0 bridgehead atoms. The van der Waals surface area contributed by atoms with Gasteiger partial charge in [-0.3, -0.25) is 4.79 Å². The molecule has 0 saturated carbocycles. The maximum absolute atomic E-state index is 12.3. The lowest BCUT2D eigenvalue weighted by Crippen LogP contribution is -2.46. The summed E-state index contributed by atoms with van der Waals surface area (Å²) in [6, 6.07) is 0.135. The van der Waals surface area contributed by atoms with Crippen LogP contribution in [0, 0.1) is 5.92 Å². The fourth-order valence-corrected chi connectivity index (χ4v) is 2.18. The van der Waals surface area contributed by atoms with Crippen molar-refractivity contribution in [2.45, 2.75) is 26.3 Å². The number of carbonyl (C=O) groups excluding carboxylic acids is 1. The van der Waals surface area contributed by atoms with E-state index >= 15 is 0 Å². The Labute approximate surface area is 103 Å². The van der Waals surface area contributed by atoms with Crippen molar-refractivity contribution in [1.29, 1.82) is 0 Å². The Balaban J connectivity index is 2.53. The summed E-state index contributed by atoms with van der Waals surface area (Å²) in [4.78, 5) is 14.1. The largest absolute Gasteiger partial charge is 0.396 e. The number of aliphatic hydroxyl groups is 1. The molecule has 1 heterocycles. The number of carbonyl (C=O) groups is 1. The zero-order valence-corrected chi connectivity index (χ0v) is 10.8. The first-order chi connectivity index (χ1) is 8.24. The van der Waals surface area contributed by atoms with E-state index in [1.165, 1.54) is 0 Å². The van der Waals surface area contributed by atoms with Crippen molar-refractivity contribution in [2.24, 2.45) is 5.92 Å². The molecule has 0 aromatic carbocycles. The van der Waals surface area contributed by atoms with Crippen LogP contribution in [0.25, 0.3) is 0 Å². The van der Waals surface area contributed by atoms with Gasteiger partial charge in [0.2, 0.25) is 5.91 Å². The number of aliphatic hydroxyl groups excluding tert-OH is 1. The van der Waals surface area contributed by atoms with Gasteiger partial charge in [-0.2, -0.15) is 0 Å². The van der Waals surface area contributed by atoms with Crippen LogP contribution in [0.4, 0.5) is 0 Å². The highest BCUT2D eigenvalue weighted by Crippen LogP contribution is 2.17. The van der Waals surface area contributed by atoms with Crippen LogP contribution in [-0.2, 0) is 9.53 Å². The minimum absolute atomic E-state index is 0.0754. The Hall–Kier alpha value is -0.650. The summed E-state index contributed by atoms with van der Waals surface area (Å²) in [5.41, 5.74) is 0. The lowest BCUT2D eigenvalue weighted by molar-refractivity contribution is -0.136. The predicted molar refractivity (Wildman–Crippen MR) is 65.7 cm³/mol. The van der Waals surface area contributed by atoms with Crippen LogP contribution in [0.2, 0.25) is 0 Å². The van der Waals surface area contributed by atoms with E-state index in [1.54, 1.807) is 4.90 Å². The number of amides is 1. The number of hydrogen-bond acceptors (Lipinski definition) is 4. The molecule has 1 aliphatic rings. The quantitative estimate of drug-likeness (QED) is 0.653. The van der Waals surface area contributed by atoms with Crippen LogP contribution >= 0.6 is 0 Å². The molecule has 1 amide bonds. The van der Waals surface area contributed by atoms with Crippen LogP contribution in [0.15, 0.2) is 0 Å². The Kier molecular flexibility index (Phi) is 6.47. The molecular weight excluding hydrogens is 220 g/mol. The Morgan fingerprint density at radius 1 is 1.47 bits per heavy atom. The molecule has 2 N–H and O–H groups in total. The van der Waals surface area contributed by atoms with Crippen LogP contribution in [-0.4, -0.2) is 61.4 Å². The summed E-state index contributed by atoms with van der Waals surface area (Å²) in [5, 5.41) is 12.1. The van der Waals surface area contributed by atoms with Gasteiger partial charge in [0, 0.05) is 25.7 Å². The SMILES string of the molecule is CCNC1COCC1C(=O)N(CC)CCCO. The molecule has 17 heavy (non-hydrogen) atoms. The smallest absolute Gasteiger partial charge is 0.229 e. The van der Waals surface area contributed by atoms with E-state index in [0.717, 1.165) is 6.54 Å². The zero-order chi connectivity index (χ0) is 12.7. The standard InChI is InChI=1S/C12H24N2O3/c1-3-13-11-9-17-8-10(11)12(16)14(4-2)6-5-7-15/h10-11,13,15H,3-9H2,1-2H3. The Bertz CT molecular complexity index is 236. The molecule has 2 unspecified atom stereocenters. The van der Waals surface area contributed by atoms with Crippen molar-refractivity contribution in [3.8, 4) is 0 Å². The summed E-state index contributed by atoms with van der Waals surface area (Å²) in [6.07, 6.45) is 0.638. The first kappa shape index (κ1) is 14.4. The lowest BCUT2D eigenvalue weighted by atomic mass is 10.0. The molecule has 0 aliphatic carbocycles. The average Bonchev–Trinajstić information content (AvgIpc) is 2.78. The maximum Gasteiger partial charge on any atom is 0.229 e. The summed E-state index contributed by atoms with van der Waals surface area (Å²) < 4.78 is 5.38. The van der Waals surface area contributed by atoms with E-state index in [2.05, 4.69) is 5.32 Å². The highest BCUT2D eigenvalue weighted by molar-refractivity contribution is 5.80. The first-order valence-corrected chi connectivity index (χ1v) is 6.45. The number of nitrogens with one attached hydrogen (secondary N) is 1. The van der Waals surface area contributed by atoms with Crippen molar-refractivity contribution < 1.29 is 14.6 Å². The van der Waals surface area contributed by atoms with Gasteiger partial charge >= 0.3 is 0 Å². The van der Waals surface area contributed by atoms with Gasteiger partial charge in [-0.1, -0.05) is 6.92 Å². The predicted octanol–water partition coefficient (Wildman–Crippen LogP) is -0.158. The van der Waals surface area contributed by atoms with E-state index in [-0.39, 0.29) is 24.5 Å². The molecule has 1 rings (SSSR count). The Morgan fingerprint density at radius 3 is 2.82 bits per heavy atom. The molecule has 2 atom stereocenters. The van der Waals surface area contributed by atoms with Gasteiger partial charge in [0.05, 0.1) is 19.1 Å². The lowest BCUT2D eigenvalue weighted by Gasteiger charge is -2.26. The van der Waals surface area contributed by atoms with Gasteiger partial charge in [0.1, 0.15) is 0 Å². The highest BCUT2D eigenvalue weighted by Gasteiger charge is 2.35. The monoisotopic (exact) mass is 244 g/mol. The summed E-state index contributed by atoms with van der Waals surface area (Å²) >= 11 is 0. The summed E-state index contributed by atoms with van der Waals surface area (Å²) in [6.45, 7) is 7.40. The van der Waals surface area contributed by atoms with Gasteiger partial charge < -0.3 is 20.1 Å². The highest BCUT2D eigenvalue weighted by atomic mass is 16.5. The van der Waals surface area contributed by atoms with Gasteiger partial charge in [0.15, 0.2) is 0 Å². The second-order valence-electron chi connectivity index (χ2n) is 4.30. The topological polar surface area (TPSA) is 61.8 Å². The first-order valence-electron chi connectivity index (χ1n) is 6.45. The van der Waals surface area contributed by atoms with E-state index in [0.29, 0.717) is 32.7 Å². The molecule has 0 spiro atoms. The molecule has 1 saturated heterocycles. The fourth-order valence-electron chi connectivity index (χ4n) is 2.18. The third kappa shape index (κ3) is 3.94. The van der Waals surface area contributed by atoms with Crippen molar-refractivity contribution >= 4 is 5.91 Å². The third-order valence-corrected chi connectivity index (χ3v) is 3.14. The van der Waals surface area contributed by atoms with Crippen LogP contribution < -0.4 is 5.32 Å². The molecule has 100 valence electrons. The minimum atomic E-state index is -0.0754. The number of rotatable bonds is 7. The van der Waals surface area contributed by atoms with E-state index in [9.17, 15) is 4.79 Å². The van der Waals surface area contributed by atoms with Crippen LogP contribution in [0.5, 0.6) is 0 Å². The molecule has 1 aliphatic heterocycles. The van der Waals surface area contributed by atoms with E-state index in [4.69, 9.17) is 9.84 Å². The number of hydrogen-bond donors (Lipinski definition) is 2. The van der Waals surface area contributed by atoms with Gasteiger partial charge in [0.25, 0.3) is 0 Å². The van der Waals surface area contributed by atoms with Crippen molar-refractivity contribution in [3.05, 3.63) is 0 Å². The van der Waals surface area contributed by atoms with Crippen molar-refractivity contribution in [2.75, 3.05) is 39.5 Å². The van der Waals surface area contributed by atoms with E-state index < -0.39 is 0 Å². The van der Waals surface area contributed by atoms with Gasteiger partial charge in [-0.15, -0.1) is 0 Å². The third-order valence-electron chi connectivity index (χ3n) is 3.14. The van der Waals surface area contributed by atoms with Crippen LogP contribution in [0.3, 0.4) is 0 Å². The molecule has 0 aromatic rings. The van der Waals surface area contributed by atoms with E-state index in [1.807, 2.05) is 13.8 Å².